The molecular weight excluding hydrogens is 396 g/mol. The van der Waals surface area contributed by atoms with Gasteiger partial charge in [0.2, 0.25) is 0 Å². The Hall–Kier alpha value is -3.98. The van der Waals surface area contributed by atoms with Crippen LogP contribution in [0.2, 0.25) is 0 Å². The molecule has 1 aliphatic heterocycles. The average molecular weight is 414 g/mol. The van der Waals surface area contributed by atoms with Gasteiger partial charge in [-0.05, 0) is 12.1 Å². The van der Waals surface area contributed by atoms with Gasteiger partial charge in [-0.25, -0.2) is 19.9 Å². The van der Waals surface area contributed by atoms with E-state index >= 15 is 0 Å². The van der Waals surface area contributed by atoms with E-state index in [4.69, 9.17) is 9.40 Å². The predicted octanol–water partition coefficient (Wildman–Crippen LogP) is 3.66. The van der Waals surface area contributed by atoms with Crippen LogP contribution in [0.5, 0.6) is 0 Å². The van der Waals surface area contributed by atoms with Crippen LogP contribution in [-0.2, 0) is 19.5 Å². The van der Waals surface area contributed by atoms with E-state index in [1.54, 1.807) is 24.5 Å². The minimum atomic E-state index is -0.406. The molecule has 0 atom stereocenters. The Balaban J connectivity index is 1.29. The highest BCUT2D eigenvalue weighted by atomic mass is 16.6. The molecule has 1 aromatic carbocycles. The van der Waals surface area contributed by atoms with Gasteiger partial charge in [0, 0.05) is 61.4 Å². The fourth-order valence-corrected chi connectivity index (χ4v) is 3.67. The summed E-state index contributed by atoms with van der Waals surface area (Å²) < 4.78 is 5.96. The number of hydrogen-bond acceptors (Lipinski definition) is 8. The highest BCUT2D eigenvalue weighted by molar-refractivity contribution is 5.61. The second kappa shape index (κ2) is 8.04. The molecule has 9 nitrogen and oxygen atoms in total. The minimum absolute atomic E-state index is 0.0459. The van der Waals surface area contributed by atoms with Crippen LogP contribution in [0.3, 0.4) is 0 Å². The maximum absolute atomic E-state index is 11.0. The van der Waals surface area contributed by atoms with Gasteiger partial charge in [-0.15, -0.1) is 0 Å². The van der Waals surface area contributed by atoms with E-state index in [0.717, 1.165) is 42.1 Å². The van der Waals surface area contributed by atoms with Gasteiger partial charge in [-0.1, -0.05) is 12.1 Å². The lowest BCUT2D eigenvalue weighted by Gasteiger charge is -2.27. The van der Waals surface area contributed by atoms with Gasteiger partial charge in [-0.2, -0.15) is 0 Å². The summed E-state index contributed by atoms with van der Waals surface area (Å²) in [5.41, 5.74) is 3.68. The Morgan fingerprint density at radius 3 is 2.81 bits per heavy atom. The summed E-state index contributed by atoms with van der Waals surface area (Å²) in [6.45, 7) is 2.22. The van der Waals surface area contributed by atoms with Crippen LogP contribution >= 0.6 is 0 Å². The third kappa shape index (κ3) is 4.03. The average Bonchev–Trinajstić information content (AvgIpc) is 3.28. The molecule has 5 rings (SSSR count). The zero-order chi connectivity index (χ0) is 21.2. The number of benzene rings is 1. The van der Waals surface area contributed by atoms with Crippen molar-refractivity contribution >= 4 is 5.69 Å². The summed E-state index contributed by atoms with van der Waals surface area (Å²) in [7, 11) is 0. The first-order valence-electron chi connectivity index (χ1n) is 9.82. The molecule has 31 heavy (non-hydrogen) atoms. The van der Waals surface area contributed by atoms with Crippen molar-refractivity contribution in [2.24, 2.45) is 0 Å². The molecule has 4 aromatic rings. The fraction of sp³-hybridized carbons (Fsp3) is 0.182. The number of nitrogens with zero attached hydrogens (tertiary/aromatic N) is 6. The molecule has 0 saturated heterocycles. The molecule has 0 saturated carbocycles. The molecule has 0 unspecified atom stereocenters. The first-order valence-corrected chi connectivity index (χ1v) is 9.82. The summed E-state index contributed by atoms with van der Waals surface area (Å²) in [5, 5.41) is 11.0. The molecule has 0 radical (unpaired) electrons. The van der Waals surface area contributed by atoms with E-state index in [1.165, 1.54) is 18.5 Å². The monoisotopic (exact) mass is 414 g/mol. The van der Waals surface area contributed by atoms with E-state index in [0.29, 0.717) is 23.7 Å². The lowest BCUT2D eigenvalue weighted by molar-refractivity contribution is -0.384. The zero-order valence-corrected chi connectivity index (χ0v) is 16.5. The molecular formula is C22H18N6O3. The van der Waals surface area contributed by atoms with Crippen molar-refractivity contribution in [1.82, 2.24) is 24.8 Å². The summed E-state index contributed by atoms with van der Waals surface area (Å²) in [6.07, 6.45) is 7.59. The van der Waals surface area contributed by atoms with Crippen LogP contribution in [0, 0.1) is 10.1 Å². The van der Waals surface area contributed by atoms with E-state index in [1.807, 2.05) is 18.3 Å². The van der Waals surface area contributed by atoms with Crippen molar-refractivity contribution in [2.75, 3.05) is 6.54 Å². The number of nitro groups is 1. The summed E-state index contributed by atoms with van der Waals surface area (Å²) >= 11 is 0. The predicted molar refractivity (Wildman–Crippen MR) is 112 cm³/mol. The van der Waals surface area contributed by atoms with Crippen LogP contribution < -0.4 is 0 Å². The smallest absolute Gasteiger partial charge is 0.270 e. The Morgan fingerprint density at radius 2 is 1.97 bits per heavy atom. The number of non-ortho nitro benzene ring substituents is 1. The minimum Gasteiger partial charge on any atom is -0.460 e. The van der Waals surface area contributed by atoms with Crippen molar-refractivity contribution in [3.63, 3.8) is 0 Å². The first-order chi connectivity index (χ1) is 15.2. The highest BCUT2D eigenvalue weighted by Crippen LogP contribution is 2.27. The van der Waals surface area contributed by atoms with Crippen LogP contribution in [0.15, 0.2) is 65.7 Å². The molecule has 9 heteroatoms. The van der Waals surface area contributed by atoms with Gasteiger partial charge in [0.25, 0.3) is 5.69 Å². The second-order valence-electron chi connectivity index (χ2n) is 7.33. The van der Waals surface area contributed by atoms with E-state index in [2.05, 4.69) is 19.9 Å². The van der Waals surface area contributed by atoms with Crippen LogP contribution in [-0.4, -0.2) is 36.3 Å². The topological polar surface area (TPSA) is 111 Å². The second-order valence-corrected chi connectivity index (χ2v) is 7.33. The van der Waals surface area contributed by atoms with Crippen molar-refractivity contribution in [3.8, 4) is 22.7 Å². The van der Waals surface area contributed by atoms with Crippen LogP contribution in [0.1, 0.15) is 17.0 Å². The largest absolute Gasteiger partial charge is 0.460 e. The molecule has 0 bridgehead atoms. The van der Waals surface area contributed by atoms with Crippen LogP contribution in [0.25, 0.3) is 22.7 Å². The number of aromatic nitrogens is 4. The van der Waals surface area contributed by atoms with Crippen molar-refractivity contribution < 1.29 is 9.34 Å². The highest BCUT2D eigenvalue weighted by Gasteiger charge is 2.20. The molecule has 0 fully saturated rings. The lowest BCUT2D eigenvalue weighted by atomic mass is 10.1. The summed E-state index contributed by atoms with van der Waals surface area (Å²) in [5.74, 6) is 2.07. The molecule has 4 heterocycles. The van der Waals surface area contributed by atoms with Gasteiger partial charge in [0.15, 0.2) is 5.82 Å². The van der Waals surface area contributed by atoms with Crippen molar-refractivity contribution in [3.05, 3.63) is 88.4 Å². The van der Waals surface area contributed by atoms with Gasteiger partial charge in [0.05, 0.1) is 22.7 Å². The molecule has 1 aliphatic rings. The third-order valence-electron chi connectivity index (χ3n) is 5.21. The molecule has 0 aliphatic carbocycles. The SMILES string of the molecule is O=[N+]([O-])c1cccc(-c2ccc(CN3CCc4nc(-c5cncnc5)ncc4C3)o2)c1. The maximum Gasteiger partial charge on any atom is 0.270 e. The summed E-state index contributed by atoms with van der Waals surface area (Å²) in [4.78, 5) is 30.1. The Labute approximate surface area is 177 Å². The number of fused-ring (bicyclic) bond motifs is 1. The number of rotatable bonds is 5. The first kappa shape index (κ1) is 19.0. The molecule has 0 spiro atoms. The van der Waals surface area contributed by atoms with E-state index in [9.17, 15) is 10.1 Å². The van der Waals surface area contributed by atoms with E-state index in [-0.39, 0.29) is 5.69 Å². The fourth-order valence-electron chi connectivity index (χ4n) is 3.67. The van der Waals surface area contributed by atoms with Crippen molar-refractivity contribution in [2.45, 2.75) is 19.5 Å². The van der Waals surface area contributed by atoms with Gasteiger partial charge in [-0.3, -0.25) is 15.0 Å². The number of furan rings is 1. The number of hydrogen-bond donors (Lipinski definition) is 0. The molecule has 0 N–H and O–H groups in total. The number of nitro benzene ring substituents is 1. The van der Waals surface area contributed by atoms with Crippen LogP contribution in [0.4, 0.5) is 5.69 Å². The lowest BCUT2D eigenvalue weighted by Crippen LogP contribution is -2.30. The molecule has 0 amide bonds. The quantitative estimate of drug-likeness (QED) is 0.359. The Kier molecular flexibility index (Phi) is 4.93. The third-order valence-corrected chi connectivity index (χ3v) is 5.21. The van der Waals surface area contributed by atoms with E-state index < -0.39 is 4.92 Å². The van der Waals surface area contributed by atoms with Gasteiger partial charge in [0.1, 0.15) is 17.8 Å². The molecule has 154 valence electrons. The Bertz CT molecular complexity index is 1240. The zero-order valence-electron chi connectivity index (χ0n) is 16.5. The Morgan fingerprint density at radius 1 is 1.10 bits per heavy atom. The standard InChI is InChI=1S/C22H18N6O3/c29-28(30)18-3-1-2-15(8-18)21-5-4-19(31-21)13-27-7-6-20-17(12-27)11-25-22(26-20)16-9-23-14-24-10-16/h1-5,8-11,14H,6-7,12-13H2. The normalized spacial score (nSPS) is 13.7. The summed E-state index contributed by atoms with van der Waals surface area (Å²) in [6, 6.07) is 10.2. The maximum atomic E-state index is 11.0. The molecule has 3 aromatic heterocycles. The van der Waals surface area contributed by atoms with Crippen molar-refractivity contribution in [1.29, 1.82) is 0 Å². The van der Waals surface area contributed by atoms with Gasteiger partial charge >= 0.3 is 0 Å². The van der Waals surface area contributed by atoms with Gasteiger partial charge < -0.3 is 4.42 Å².